The van der Waals surface area contributed by atoms with Gasteiger partial charge in [0, 0.05) is 18.5 Å². The van der Waals surface area contributed by atoms with Crippen LogP contribution in [0, 0.1) is 5.41 Å². The number of anilines is 1. The number of carbonyl (C=O) groups is 1. The van der Waals surface area contributed by atoms with E-state index in [-0.39, 0.29) is 11.3 Å². The van der Waals surface area contributed by atoms with Crippen molar-refractivity contribution in [1.82, 2.24) is 14.8 Å². The van der Waals surface area contributed by atoms with Gasteiger partial charge in [0.25, 0.3) is 0 Å². The molecule has 0 aliphatic rings. The van der Waals surface area contributed by atoms with Crippen LogP contribution in [0.3, 0.4) is 0 Å². The van der Waals surface area contributed by atoms with E-state index in [0.717, 1.165) is 5.69 Å². The molecule has 0 aliphatic carbocycles. The van der Waals surface area contributed by atoms with Crippen LogP contribution in [-0.4, -0.2) is 20.7 Å². The van der Waals surface area contributed by atoms with Gasteiger partial charge >= 0.3 is 0 Å². The second kappa shape index (κ2) is 6.35. The highest BCUT2D eigenvalue weighted by molar-refractivity contribution is 5.98. The largest absolute Gasteiger partial charge is 0.306 e. The highest BCUT2D eigenvalue weighted by Crippen LogP contribution is 2.14. The Kier molecular flexibility index (Phi) is 4.52. The predicted molar refractivity (Wildman–Crippen MR) is 82.8 cm³/mol. The van der Waals surface area contributed by atoms with Gasteiger partial charge in [-0.1, -0.05) is 32.9 Å². The SMILES string of the molecule is CC(C)(C)C=CC(=O)Nc1ccn(Cc2ccccn2)n1. The standard InChI is InChI=1S/C16H20N4O/c1-16(2,3)9-7-15(21)18-14-8-11-20(19-14)12-13-6-4-5-10-17-13/h4-11H,12H2,1-3H3,(H,18,19,21). The first kappa shape index (κ1) is 15.0. The molecule has 0 radical (unpaired) electrons. The fourth-order valence-electron chi connectivity index (χ4n) is 1.67. The third kappa shape index (κ3) is 5.22. The Morgan fingerprint density at radius 1 is 1.33 bits per heavy atom. The zero-order chi connectivity index (χ0) is 15.3. The second-order valence-corrected chi connectivity index (χ2v) is 5.91. The molecular formula is C16H20N4O. The van der Waals surface area contributed by atoms with Crippen LogP contribution in [0.15, 0.2) is 48.8 Å². The number of hydrogen-bond acceptors (Lipinski definition) is 3. The molecule has 1 N–H and O–H groups in total. The lowest BCUT2D eigenvalue weighted by molar-refractivity contribution is -0.112. The maximum atomic E-state index is 11.8. The third-order valence-electron chi connectivity index (χ3n) is 2.68. The van der Waals surface area contributed by atoms with Crippen molar-refractivity contribution in [1.29, 1.82) is 0 Å². The molecule has 2 rings (SSSR count). The van der Waals surface area contributed by atoms with Gasteiger partial charge in [-0.2, -0.15) is 5.10 Å². The molecule has 2 aromatic heterocycles. The smallest absolute Gasteiger partial charge is 0.249 e. The van der Waals surface area contributed by atoms with Crippen molar-refractivity contribution < 1.29 is 4.79 Å². The van der Waals surface area contributed by atoms with Crippen molar-refractivity contribution in [2.75, 3.05) is 5.32 Å². The fourth-order valence-corrected chi connectivity index (χ4v) is 1.67. The summed E-state index contributed by atoms with van der Waals surface area (Å²) < 4.78 is 1.74. The van der Waals surface area contributed by atoms with Crippen molar-refractivity contribution in [2.24, 2.45) is 5.41 Å². The molecule has 21 heavy (non-hydrogen) atoms. The molecular weight excluding hydrogens is 264 g/mol. The van der Waals surface area contributed by atoms with Crippen LogP contribution < -0.4 is 5.32 Å². The van der Waals surface area contributed by atoms with Gasteiger partial charge in [0.2, 0.25) is 5.91 Å². The summed E-state index contributed by atoms with van der Waals surface area (Å²) in [5, 5.41) is 7.04. The predicted octanol–water partition coefficient (Wildman–Crippen LogP) is 2.87. The van der Waals surface area contributed by atoms with Crippen molar-refractivity contribution >= 4 is 11.7 Å². The topological polar surface area (TPSA) is 59.8 Å². The molecule has 0 unspecified atom stereocenters. The summed E-state index contributed by atoms with van der Waals surface area (Å²) in [6.45, 7) is 6.70. The Morgan fingerprint density at radius 2 is 2.14 bits per heavy atom. The number of nitrogens with one attached hydrogen (secondary N) is 1. The first-order valence-corrected chi connectivity index (χ1v) is 6.86. The Labute approximate surface area is 124 Å². The lowest BCUT2D eigenvalue weighted by Gasteiger charge is -2.10. The monoisotopic (exact) mass is 284 g/mol. The van der Waals surface area contributed by atoms with E-state index in [9.17, 15) is 4.79 Å². The number of pyridine rings is 1. The molecule has 0 fully saturated rings. The minimum atomic E-state index is -0.173. The number of nitrogens with zero attached hydrogens (tertiary/aromatic N) is 3. The number of rotatable bonds is 4. The highest BCUT2D eigenvalue weighted by Gasteiger charge is 2.07. The van der Waals surface area contributed by atoms with Gasteiger partial charge in [-0.05, 0) is 23.6 Å². The minimum absolute atomic E-state index is 0.0182. The number of aromatic nitrogens is 3. The van der Waals surface area contributed by atoms with Crippen LogP contribution in [0.2, 0.25) is 0 Å². The first-order valence-electron chi connectivity index (χ1n) is 6.86. The van der Waals surface area contributed by atoms with Crippen LogP contribution in [0.5, 0.6) is 0 Å². The summed E-state index contributed by atoms with van der Waals surface area (Å²) in [5.74, 6) is 0.363. The average molecular weight is 284 g/mol. The van der Waals surface area contributed by atoms with E-state index in [1.807, 2.05) is 51.2 Å². The molecule has 0 saturated heterocycles. The zero-order valence-electron chi connectivity index (χ0n) is 12.6. The summed E-state index contributed by atoms with van der Waals surface area (Å²) in [4.78, 5) is 16.0. The van der Waals surface area contributed by atoms with Gasteiger partial charge in [0.15, 0.2) is 5.82 Å². The molecule has 2 aromatic rings. The molecule has 0 spiro atoms. The summed E-state index contributed by atoms with van der Waals surface area (Å²) >= 11 is 0. The summed E-state index contributed by atoms with van der Waals surface area (Å²) in [6.07, 6.45) is 6.97. The molecule has 0 saturated carbocycles. The number of carbonyl (C=O) groups excluding carboxylic acids is 1. The molecule has 5 heteroatoms. The molecule has 2 heterocycles. The number of amides is 1. The van der Waals surface area contributed by atoms with Gasteiger partial charge in [-0.3, -0.25) is 14.5 Å². The van der Waals surface area contributed by atoms with Gasteiger partial charge in [0.1, 0.15) is 0 Å². The van der Waals surface area contributed by atoms with E-state index >= 15 is 0 Å². The third-order valence-corrected chi connectivity index (χ3v) is 2.68. The maximum Gasteiger partial charge on any atom is 0.249 e. The highest BCUT2D eigenvalue weighted by atomic mass is 16.1. The molecule has 0 aromatic carbocycles. The maximum absolute atomic E-state index is 11.8. The van der Waals surface area contributed by atoms with Crippen molar-refractivity contribution in [3.63, 3.8) is 0 Å². The molecule has 1 amide bonds. The zero-order valence-corrected chi connectivity index (χ0v) is 12.6. The van der Waals surface area contributed by atoms with Crippen molar-refractivity contribution in [3.05, 3.63) is 54.5 Å². The Bertz CT molecular complexity index is 623. The average Bonchev–Trinajstić information content (AvgIpc) is 2.84. The van der Waals surface area contributed by atoms with E-state index in [4.69, 9.17) is 0 Å². The van der Waals surface area contributed by atoms with Gasteiger partial charge < -0.3 is 5.32 Å². The van der Waals surface area contributed by atoms with E-state index in [2.05, 4.69) is 15.4 Å². The molecule has 5 nitrogen and oxygen atoms in total. The summed E-state index contributed by atoms with van der Waals surface area (Å²) in [7, 11) is 0. The van der Waals surface area contributed by atoms with E-state index in [0.29, 0.717) is 12.4 Å². The Hall–Kier alpha value is -2.43. The minimum Gasteiger partial charge on any atom is -0.306 e. The fraction of sp³-hybridized carbons (Fsp3) is 0.312. The van der Waals surface area contributed by atoms with E-state index in [1.165, 1.54) is 6.08 Å². The van der Waals surface area contributed by atoms with Crippen LogP contribution >= 0.6 is 0 Å². The molecule has 0 atom stereocenters. The van der Waals surface area contributed by atoms with Crippen molar-refractivity contribution in [2.45, 2.75) is 27.3 Å². The molecule has 0 bridgehead atoms. The van der Waals surface area contributed by atoms with Gasteiger partial charge in [0.05, 0.1) is 12.2 Å². The van der Waals surface area contributed by atoms with Crippen LogP contribution in [0.25, 0.3) is 0 Å². The summed E-state index contributed by atoms with van der Waals surface area (Å²) in [6, 6.07) is 7.52. The molecule has 110 valence electrons. The van der Waals surface area contributed by atoms with E-state index in [1.54, 1.807) is 16.9 Å². The van der Waals surface area contributed by atoms with Crippen LogP contribution in [-0.2, 0) is 11.3 Å². The van der Waals surface area contributed by atoms with Gasteiger partial charge in [-0.15, -0.1) is 0 Å². The number of allylic oxidation sites excluding steroid dienone is 1. The van der Waals surface area contributed by atoms with Gasteiger partial charge in [-0.25, -0.2) is 0 Å². The first-order chi connectivity index (χ1) is 9.92. The van der Waals surface area contributed by atoms with Crippen LogP contribution in [0.4, 0.5) is 5.82 Å². The van der Waals surface area contributed by atoms with Crippen molar-refractivity contribution in [3.8, 4) is 0 Å². The van der Waals surface area contributed by atoms with E-state index < -0.39 is 0 Å². The quantitative estimate of drug-likeness (QED) is 0.878. The normalized spacial score (nSPS) is 11.8. The second-order valence-electron chi connectivity index (χ2n) is 5.91. The Morgan fingerprint density at radius 3 is 2.81 bits per heavy atom. The summed E-state index contributed by atoms with van der Waals surface area (Å²) in [5.41, 5.74) is 0.904. The Balaban J connectivity index is 1.94. The lowest BCUT2D eigenvalue weighted by atomic mass is 9.96. The lowest BCUT2D eigenvalue weighted by Crippen LogP contribution is -2.11. The number of hydrogen-bond donors (Lipinski definition) is 1. The molecule has 0 aliphatic heterocycles. The van der Waals surface area contributed by atoms with Crippen LogP contribution in [0.1, 0.15) is 26.5 Å².